The van der Waals surface area contributed by atoms with E-state index >= 15 is 0 Å². The normalized spacial score (nSPS) is 16.2. The monoisotopic (exact) mass is 290 g/mol. The molecule has 0 heterocycles. The molecular weight excluding hydrogens is 260 g/mol. The van der Waals surface area contributed by atoms with Gasteiger partial charge in [0.1, 0.15) is 5.75 Å². The zero-order valence-electron chi connectivity index (χ0n) is 13.6. The summed E-state index contributed by atoms with van der Waals surface area (Å²) in [4.78, 5) is 2.53. The van der Waals surface area contributed by atoms with Crippen molar-refractivity contribution in [1.29, 1.82) is 0 Å². The average molecular weight is 290 g/mol. The summed E-state index contributed by atoms with van der Waals surface area (Å²) in [6, 6.07) is 8.38. The van der Waals surface area contributed by atoms with Crippen LogP contribution in [0.2, 0.25) is 0 Å². The first-order chi connectivity index (χ1) is 10.2. The van der Waals surface area contributed by atoms with Gasteiger partial charge in [-0.15, -0.1) is 0 Å². The minimum absolute atomic E-state index is 0.0931. The van der Waals surface area contributed by atoms with Gasteiger partial charge >= 0.3 is 0 Å². The Kier molecular flexibility index (Phi) is 6.52. The molecule has 0 radical (unpaired) electrons. The second-order valence-corrected chi connectivity index (χ2v) is 6.23. The van der Waals surface area contributed by atoms with Gasteiger partial charge in [-0.3, -0.25) is 0 Å². The molecule has 1 aliphatic rings. The molecule has 3 heteroatoms. The van der Waals surface area contributed by atoms with E-state index in [-0.39, 0.29) is 6.04 Å². The van der Waals surface area contributed by atoms with Crippen LogP contribution in [0.25, 0.3) is 0 Å². The fourth-order valence-corrected chi connectivity index (χ4v) is 2.65. The zero-order chi connectivity index (χ0) is 15.1. The summed E-state index contributed by atoms with van der Waals surface area (Å²) in [5.74, 6) is 1.87. The maximum Gasteiger partial charge on any atom is 0.119 e. The van der Waals surface area contributed by atoms with Gasteiger partial charge in [0.05, 0.1) is 6.61 Å². The van der Waals surface area contributed by atoms with Crippen LogP contribution in [0.5, 0.6) is 5.75 Å². The van der Waals surface area contributed by atoms with Crippen molar-refractivity contribution in [3.05, 3.63) is 29.8 Å². The van der Waals surface area contributed by atoms with E-state index in [9.17, 15) is 0 Å². The van der Waals surface area contributed by atoms with E-state index in [1.807, 2.05) is 12.1 Å². The van der Waals surface area contributed by atoms with E-state index in [1.54, 1.807) is 0 Å². The molecule has 0 saturated heterocycles. The molecule has 0 aliphatic heterocycles. The van der Waals surface area contributed by atoms with Gasteiger partial charge in [-0.05, 0) is 55.8 Å². The minimum atomic E-state index is 0.0931. The molecule has 1 atom stereocenters. The summed E-state index contributed by atoms with van der Waals surface area (Å²) in [6.07, 6.45) is 5.04. The Morgan fingerprint density at radius 1 is 1.19 bits per heavy atom. The van der Waals surface area contributed by atoms with Crippen molar-refractivity contribution in [3.8, 4) is 5.75 Å². The Morgan fingerprint density at radius 3 is 2.48 bits per heavy atom. The van der Waals surface area contributed by atoms with E-state index in [4.69, 9.17) is 10.5 Å². The van der Waals surface area contributed by atoms with Crippen molar-refractivity contribution >= 4 is 0 Å². The largest absolute Gasteiger partial charge is 0.494 e. The Balaban J connectivity index is 1.86. The number of benzene rings is 1. The Hall–Kier alpha value is -1.06. The predicted octanol–water partition coefficient (Wildman–Crippen LogP) is 3.60. The first-order valence-electron chi connectivity index (χ1n) is 8.43. The first-order valence-corrected chi connectivity index (χ1v) is 8.43. The van der Waals surface area contributed by atoms with Gasteiger partial charge in [0, 0.05) is 19.1 Å². The molecule has 0 aromatic heterocycles. The minimum Gasteiger partial charge on any atom is -0.494 e. The molecule has 1 saturated carbocycles. The van der Waals surface area contributed by atoms with Gasteiger partial charge < -0.3 is 15.4 Å². The lowest BCUT2D eigenvalue weighted by Gasteiger charge is -2.25. The molecule has 21 heavy (non-hydrogen) atoms. The van der Waals surface area contributed by atoms with Crippen molar-refractivity contribution in [1.82, 2.24) is 4.90 Å². The van der Waals surface area contributed by atoms with Gasteiger partial charge in [0.25, 0.3) is 0 Å². The summed E-state index contributed by atoms with van der Waals surface area (Å²) in [6.45, 7) is 8.47. The van der Waals surface area contributed by atoms with Crippen molar-refractivity contribution in [2.45, 2.75) is 45.6 Å². The maximum atomic E-state index is 6.39. The molecule has 3 nitrogen and oxygen atoms in total. The van der Waals surface area contributed by atoms with Crippen LogP contribution in [0, 0.1) is 5.92 Å². The van der Waals surface area contributed by atoms with Crippen LogP contribution in [0.1, 0.15) is 51.1 Å². The lowest BCUT2D eigenvalue weighted by Crippen LogP contribution is -2.34. The van der Waals surface area contributed by atoms with Gasteiger partial charge in [0.2, 0.25) is 0 Å². The number of nitrogens with two attached hydrogens (primary N) is 1. The second-order valence-electron chi connectivity index (χ2n) is 6.23. The van der Waals surface area contributed by atoms with Crippen LogP contribution >= 0.6 is 0 Å². The van der Waals surface area contributed by atoms with Crippen molar-refractivity contribution in [3.63, 3.8) is 0 Å². The average Bonchev–Trinajstić information content (AvgIpc) is 3.30. The molecular formula is C18H30N2O. The van der Waals surface area contributed by atoms with E-state index in [2.05, 4.69) is 30.9 Å². The van der Waals surface area contributed by atoms with E-state index < -0.39 is 0 Å². The molecule has 1 fully saturated rings. The molecule has 0 bridgehead atoms. The SMILES string of the molecule is CCCOc1ccc(C(N)CN(CCC)CC2CC2)cc1. The summed E-state index contributed by atoms with van der Waals surface area (Å²) in [5, 5.41) is 0. The molecule has 0 amide bonds. The molecule has 1 aromatic rings. The molecule has 0 spiro atoms. The molecule has 2 N–H and O–H groups in total. The number of rotatable bonds is 10. The Labute approximate surface area is 129 Å². The third-order valence-electron chi connectivity index (χ3n) is 3.99. The van der Waals surface area contributed by atoms with Crippen LogP contribution in [-0.4, -0.2) is 31.1 Å². The predicted molar refractivity (Wildman–Crippen MR) is 88.6 cm³/mol. The van der Waals surface area contributed by atoms with Crippen molar-refractivity contribution in [2.75, 3.05) is 26.2 Å². The van der Waals surface area contributed by atoms with Crippen molar-refractivity contribution < 1.29 is 4.74 Å². The highest BCUT2D eigenvalue weighted by Gasteiger charge is 2.24. The highest BCUT2D eigenvalue weighted by molar-refractivity contribution is 5.29. The topological polar surface area (TPSA) is 38.5 Å². The number of hydrogen-bond acceptors (Lipinski definition) is 3. The third kappa shape index (κ3) is 5.68. The smallest absolute Gasteiger partial charge is 0.119 e. The highest BCUT2D eigenvalue weighted by Crippen LogP contribution is 2.30. The molecule has 118 valence electrons. The third-order valence-corrected chi connectivity index (χ3v) is 3.99. The molecule has 1 aromatic carbocycles. The Bertz CT molecular complexity index is 400. The fraction of sp³-hybridized carbons (Fsp3) is 0.667. The van der Waals surface area contributed by atoms with Crippen LogP contribution in [0.15, 0.2) is 24.3 Å². The van der Waals surface area contributed by atoms with E-state index in [0.29, 0.717) is 0 Å². The van der Waals surface area contributed by atoms with Gasteiger partial charge in [0.15, 0.2) is 0 Å². The number of hydrogen-bond donors (Lipinski definition) is 1. The number of nitrogens with zero attached hydrogens (tertiary/aromatic N) is 1. The summed E-state index contributed by atoms with van der Waals surface area (Å²) in [7, 11) is 0. The van der Waals surface area contributed by atoms with Crippen LogP contribution < -0.4 is 10.5 Å². The quantitative estimate of drug-likeness (QED) is 0.715. The van der Waals surface area contributed by atoms with E-state index in [1.165, 1.54) is 31.4 Å². The number of ether oxygens (including phenoxy) is 1. The van der Waals surface area contributed by atoms with Crippen LogP contribution in [0.3, 0.4) is 0 Å². The zero-order valence-corrected chi connectivity index (χ0v) is 13.6. The maximum absolute atomic E-state index is 6.39. The summed E-state index contributed by atoms with van der Waals surface area (Å²) < 4.78 is 5.62. The van der Waals surface area contributed by atoms with Crippen LogP contribution in [0.4, 0.5) is 0 Å². The fourth-order valence-electron chi connectivity index (χ4n) is 2.65. The summed E-state index contributed by atoms with van der Waals surface area (Å²) in [5.41, 5.74) is 7.59. The highest BCUT2D eigenvalue weighted by atomic mass is 16.5. The second kappa shape index (κ2) is 8.40. The lowest BCUT2D eigenvalue weighted by molar-refractivity contribution is 0.248. The van der Waals surface area contributed by atoms with Crippen LogP contribution in [-0.2, 0) is 0 Å². The first kappa shape index (κ1) is 16.3. The summed E-state index contributed by atoms with van der Waals surface area (Å²) >= 11 is 0. The van der Waals surface area contributed by atoms with Gasteiger partial charge in [-0.1, -0.05) is 26.0 Å². The molecule has 2 rings (SSSR count). The molecule has 1 unspecified atom stereocenters. The standard InChI is InChI=1S/C18H30N2O/c1-3-11-20(13-15-5-6-15)14-18(19)16-7-9-17(10-8-16)21-12-4-2/h7-10,15,18H,3-6,11-14,19H2,1-2H3. The lowest BCUT2D eigenvalue weighted by atomic mass is 10.1. The molecule has 1 aliphatic carbocycles. The van der Waals surface area contributed by atoms with Crippen molar-refractivity contribution in [2.24, 2.45) is 11.7 Å². The van der Waals surface area contributed by atoms with E-state index in [0.717, 1.165) is 37.8 Å². The Morgan fingerprint density at radius 2 is 1.90 bits per heavy atom. The van der Waals surface area contributed by atoms with Gasteiger partial charge in [-0.2, -0.15) is 0 Å². The van der Waals surface area contributed by atoms with Gasteiger partial charge in [-0.25, -0.2) is 0 Å².